The van der Waals surface area contributed by atoms with E-state index in [4.69, 9.17) is 23.2 Å². The lowest BCUT2D eigenvalue weighted by Crippen LogP contribution is -2.24. The lowest BCUT2D eigenvalue weighted by atomic mass is 10.2. The average Bonchev–Trinajstić information content (AvgIpc) is 3.33. The van der Waals surface area contributed by atoms with E-state index in [9.17, 15) is 4.39 Å². The number of unbranched alkanes of at least 4 members (excludes halogenated alkanes) is 1. The molecule has 0 amide bonds. The van der Waals surface area contributed by atoms with E-state index in [2.05, 4.69) is 31.7 Å². The summed E-state index contributed by atoms with van der Waals surface area (Å²) >= 11 is 14.5. The number of benzene rings is 1. The van der Waals surface area contributed by atoms with E-state index < -0.39 is 0 Å². The van der Waals surface area contributed by atoms with Crippen molar-refractivity contribution in [2.75, 3.05) is 36.2 Å². The van der Waals surface area contributed by atoms with Crippen LogP contribution in [-0.2, 0) is 0 Å². The Morgan fingerprint density at radius 3 is 2.86 bits per heavy atom. The summed E-state index contributed by atoms with van der Waals surface area (Å²) in [4.78, 5) is 4.47. The summed E-state index contributed by atoms with van der Waals surface area (Å²) in [6, 6.07) is 3.04. The van der Waals surface area contributed by atoms with Gasteiger partial charge in [0.25, 0.3) is 0 Å². The summed E-state index contributed by atoms with van der Waals surface area (Å²) in [5.74, 6) is -0.342. The van der Waals surface area contributed by atoms with Crippen LogP contribution in [0.25, 0.3) is 0 Å². The lowest BCUT2D eigenvalue weighted by molar-refractivity contribution is 0.602. The Kier molecular flexibility index (Phi) is 8.54. The van der Waals surface area contributed by atoms with Gasteiger partial charge in [-0.1, -0.05) is 40.6 Å². The van der Waals surface area contributed by atoms with Crippen LogP contribution >= 0.6 is 46.5 Å². The van der Waals surface area contributed by atoms with E-state index in [1.807, 2.05) is 0 Å². The van der Waals surface area contributed by atoms with Crippen molar-refractivity contribution in [1.29, 1.82) is 0 Å². The van der Waals surface area contributed by atoms with Gasteiger partial charge in [-0.05, 0) is 49.9 Å². The van der Waals surface area contributed by atoms with Gasteiger partial charge in [0.15, 0.2) is 5.13 Å². The van der Waals surface area contributed by atoms with E-state index >= 15 is 0 Å². The smallest absolute Gasteiger partial charge is 0.194 e. The summed E-state index contributed by atoms with van der Waals surface area (Å²) in [6.07, 6.45) is 6.90. The van der Waals surface area contributed by atoms with Gasteiger partial charge in [-0.25, -0.2) is 9.37 Å². The number of nitrogens with one attached hydrogen (secondary N) is 4. The summed E-state index contributed by atoms with van der Waals surface area (Å²) in [6.45, 7) is 3.63. The predicted octanol–water partition coefficient (Wildman–Crippen LogP) is 5.37. The Balaban J connectivity index is 1.37. The molecule has 2 aromatic rings. The Labute approximate surface area is 182 Å². The van der Waals surface area contributed by atoms with Gasteiger partial charge in [0.2, 0.25) is 0 Å². The van der Waals surface area contributed by atoms with Crippen molar-refractivity contribution in [3.05, 3.63) is 45.3 Å². The van der Waals surface area contributed by atoms with Gasteiger partial charge in [-0.3, -0.25) is 0 Å². The second-order valence-electron chi connectivity index (χ2n) is 6.19. The first-order valence-corrected chi connectivity index (χ1v) is 11.4. The van der Waals surface area contributed by atoms with Crippen LogP contribution in [0.4, 0.5) is 15.2 Å². The third-order valence-electron chi connectivity index (χ3n) is 4.05. The fraction of sp³-hybridized carbons (Fsp3) is 0.389. The van der Waals surface area contributed by atoms with Gasteiger partial charge < -0.3 is 20.7 Å². The van der Waals surface area contributed by atoms with Crippen molar-refractivity contribution in [3.8, 4) is 0 Å². The third-order valence-corrected chi connectivity index (χ3v) is 6.35. The maximum absolute atomic E-state index is 14.3. The molecule has 1 aromatic heterocycles. The lowest BCUT2D eigenvalue weighted by Gasteiger charge is -2.11. The van der Waals surface area contributed by atoms with Crippen molar-refractivity contribution in [2.45, 2.75) is 24.2 Å². The van der Waals surface area contributed by atoms with Gasteiger partial charge >= 0.3 is 0 Å². The molecule has 1 aliphatic heterocycles. The first kappa shape index (κ1) is 21.5. The van der Waals surface area contributed by atoms with Gasteiger partial charge in [0.05, 0.1) is 21.8 Å². The molecule has 0 saturated heterocycles. The Morgan fingerprint density at radius 1 is 1.25 bits per heavy atom. The molecule has 152 valence electrons. The summed E-state index contributed by atoms with van der Waals surface area (Å²) < 4.78 is 17.9. The van der Waals surface area contributed by atoms with E-state index in [1.165, 1.54) is 23.1 Å². The maximum Gasteiger partial charge on any atom is 0.194 e. The molecule has 0 spiro atoms. The summed E-state index contributed by atoms with van der Waals surface area (Å²) in [5, 5.41) is 11.1. The van der Waals surface area contributed by atoms with Crippen molar-refractivity contribution in [3.63, 3.8) is 0 Å². The number of hydrogen-bond acceptors (Lipinski definition) is 7. The molecular weight excluding hydrogens is 440 g/mol. The van der Waals surface area contributed by atoms with Crippen molar-refractivity contribution >= 4 is 57.3 Å². The van der Waals surface area contributed by atoms with Crippen LogP contribution in [0.15, 0.2) is 35.0 Å². The molecule has 10 heteroatoms. The van der Waals surface area contributed by atoms with Crippen molar-refractivity contribution < 1.29 is 4.39 Å². The predicted molar refractivity (Wildman–Crippen MR) is 119 cm³/mol. The zero-order valence-corrected chi connectivity index (χ0v) is 18.3. The van der Waals surface area contributed by atoms with Crippen molar-refractivity contribution in [1.82, 2.24) is 15.6 Å². The number of thiazole rings is 1. The number of hydrogen-bond donors (Lipinski definition) is 4. The van der Waals surface area contributed by atoms with Crippen LogP contribution in [0.3, 0.4) is 0 Å². The van der Waals surface area contributed by atoms with Gasteiger partial charge in [0.1, 0.15) is 10.2 Å². The van der Waals surface area contributed by atoms with E-state index in [0.717, 1.165) is 57.4 Å². The fourth-order valence-corrected chi connectivity index (χ4v) is 4.48. The molecule has 5 nitrogen and oxygen atoms in total. The van der Waals surface area contributed by atoms with Crippen LogP contribution in [0.5, 0.6) is 0 Å². The highest BCUT2D eigenvalue weighted by atomic mass is 35.5. The molecule has 0 unspecified atom stereocenters. The summed E-state index contributed by atoms with van der Waals surface area (Å²) in [5.41, 5.74) is 1.89. The van der Waals surface area contributed by atoms with Crippen LogP contribution in [0.1, 0.15) is 19.3 Å². The Morgan fingerprint density at radius 2 is 2.11 bits per heavy atom. The second-order valence-corrected chi connectivity index (χ2v) is 9.11. The standard InChI is InChI=1S/C18H22Cl2FN5S2/c19-13-8-16(28-26-18-25-11-17(20)27-18)14(21)9-15(13)24-6-2-1-5-22-10-12-4-3-7-23-12/h4,8-9,11,22-24H,1-3,5-7,10H2,(H,25,26). The zero-order valence-electron chi connectivity index (χ0n) is 15.2. The van der Waals surface area contributed by atoms with E-state index in [1.54, 1.807) is 12.3 Å². The molecule has 0 aliphatic carbocycles. The van der Waals surface area contributed by atoms with Crippen molar-refractivity contribution in [2.24, 2.45) is 0 Å². The number of nitrogens with zero attached hydrogens (tertiary/aromatic N) is 1. The second kappa shape index (κ2) is 11.1. The number of halogens is 3. The van der Waals surface area contributed by atoms with Crippen LogP contribution in [-0.4, -0.2) is 31.2 Å². The molecule has 0 bridgehead atoms. The molecule has 1 aromatic carbocycles. The highest BCUT2D eigenvalue weighted by molar-refractivity contribution is 8.00. The fourth-order valence-electron chi connectivity index (χ4n) is 2.65. The SMILES string of the molecule is Fc1cc(NCCCCNCC2=CCCN2)c(Cl)cc1SNc1ncc(Cl)s1. The summed E-state index contributed by atoms with van der Waals surface area (Å²) in [7, 11) is 0. The first-order chi connectivity index (χ1) is 13.6. The quantitative estimate of drug-likeness (QED) is 0.266. The molecule has 0 atom stereocenters. The molecule has 4 N–H and O–H groups in total. The Hall–Kier alpha value is -1.19. The average molecular weight is 462 g/mol. The first-order valence-electron chi connectivity index (χ1n) is 9.02. The zero-order chi connectivity index (χ0) is 19.8. The van der Waals surface area contributed by atoms with E-state index in [0.29, 0.717) is 25.1 Å². The third kappa shape index (κ3) is 6.70. The topological polar surface area (TPSA) is 61.0 Å². The van der Waals surface area contributed by atoms with Gasteiger partial charge in [-0.2, -0.15) is 0 Å². The van der Waals surface area contributed by atoms with Crippen LogP contribution in [0, 0.1) is 5.82 Å². The maximum atomic E-state index is 14.3. The molecule has 2 heterocycles. The van der Waals surface area contributed by atoms with Gasteiger partial charge in [0, 0.05) is 25.3 Å². The molecule has 28 heavy (non-hydrogen) atoms. The Bertz CT molecular complexity index is 815. The van der Waals surface area contributed by atoms with Crippen LogP contribution in [0.2, 0.25) is 9.36 Å². The molecule has 0 saturated carbocycles. The normalized spacial score (nSPS) is 13.3. The highest BCUT2D eigenvalue weighted by Crippen LogP contribution is 2.33. The minimum absolute atomic E-state index is 0.342. The largest absolute Gasteiger partial charge is 0.387 e. The van der Waals surface area contributed by atoms with Crippen LogP contribution < -0.4 is 20.7 Å². The number of rotatable bonds is 11. The molecule has 3 rings (SSSR count). The highest BCUT2D eigenvalue weighted by Gasteiger charge is 2.10. The number of anilines is 2. The van der Waals surface area contributed by atoms with E-state index in [-0.39, 0.29) is 5.82 Å². The molecular formula is C18H22Cl2FN5S2. The monoisotopic (exact) mass is 461 g/mol. The minimum atomic E-state index is -0.342. The molecule has 0 fully saturated rings. The van der Waals surface area contributed by atoms with Gasteiger partial charge in [-0.15, -0.1) is 0 Å². The molecule has 1 aliphatic rings. The number of aromatic nitrogens is 1. The minimum Gasteiger partial charge on any atom is -0.387 e. The molecule has 0 radical (unpaired) electrons.